The lowest BCUT2D eigenvalue weighted by atomic mass is 9.72. The third-order valence-electron chi connectivity index (χ3n) is 7.03. The van der Waals surface area contributed by atoms with Crippen LogP contribution in [0.2, 0.25) is 0 Å². The van der Waals surface area contributed by atoms with Gasteiger partial charge in [0.15, 0.2) is 0 Å². The van der Waals surface area contributed by atoms with Gasteiger partial charge in [0, 0.05) is 31.6 Å². The Labute approximate surface area is 145 Å². The molecule has 4 rings (SSSR count). The summed E-state index contributed by atoms with van der Waals surface area (Å²) in [5, 5.41) is 0. The van der Waals surface area contributed by atoms with Crippen LogP contribution in [0, 0.1) is 23.7 Å². The second-order valence-corrected chi connectivity index (χ2v) is 8.71. The van der Waals surface area contributed by atoms with E-state index in [1.807, 2.05) is 4.90 Å². The molecule has 2 amide bonds. The van der Waals surface area contributed by atoms with E-state index in [1.54, 1.807) is 0 Å². The fraction of sp³-hybridized carbons (Fsp3) is 0.900. The van der Waals surface area contributed by atoms with Crippen LogP contribution >= 0.6 is 0 Å². The third kappa shape index (κ3) is 3.09. The summed E-state index contributed by atoms with van der Waals surface area (Å²) >= 11 is 0. The summed E-state index contributed by atoms with van der Waals surface area (Å²) in [6, 6.07) is 0.476. The SMILES string of the molecule is C[C@@H]1CCN(C(=O)[C@@H]2CCCN(C(=O)C3CC3)C2)[C@H]2CCCC[C@H]12. The molecule has 2 aliphatic carbocycles. The Bertz CT molecular complexity index is 502. The number of hydrogen-bond acceptors (Lipinski definition) is 2. The summed E-state index contributed by atoms with van der Waals surface area (Å²) in [6.45, 7) is 4.86. The lowest BCUT2D eigenvalue weighted by molar-refractivity contribution is -0.147. The quantitative estimate of drug-likeness (QED) is 0.780. The van der Waals surface area contributed by atoms with Crippen molar-refractivity contribution in [3.05, 3.63) is 0 Å². The highest BCUT2D eigenvalue weighted by Crippen LogP contribution is 2.40. The number of nitrogens with zero attached hydrogens (tertiary/aromatic N) is 2. The lowest BCUT2D eigenvalue weighted by Gasteiger charge is -2.48. The minimum absolute atomic E-state index is 0.0532. The number of fused-ring (bicyclic) bond motifs is 1. The molecule has 2 saturated carbocycles. The molecule has 4 atom stereocenters. The van der Waals surface area contributed by atoms with Crippen molar-refractivity contribution in [2.75, 3.05) is 19.6 Å². The molecule has 0 radical (unpaired) electrons. The number of rotatable bonds is 2. The summed E-state index contributed by atoms with van der Waals surface area (Å²) < 4.78 is 0. The zero-order valence-corrected chi connectivity index (χ0v) is 15.1. The molecule has 4 aliphatic rings. The molecule has 0 aromatic carbocycles. The van der Waals surface area contributed by atoms with Gasteiger partial charge in [-0.25, -0.2) is 0 Å². The maximum absolute atomic E-state index is 13.3. The molecule has 2 aliphatic heterocycles. The molecule has 4 nitrogen and oxygen atoms in total. The van der Waals surface area contributed by atoms with E-state index >= 15 is 0 Å². The largest absolute Gasteiger partial charge is 0.342 e. The fourth-order valence-electron chi connectivity index (χ4n) is 5.39. The van der Waals surface area contributed by atoms with E-state index < -0.39 is 0 Å². The summed E-state index contributed by atoms with van der Waals surface area (Å²) in [6.07, 6.45) is 10.3. The minimum Gasteiger partial charge on any atom is -0.342 e. The molecular formula is C20H32N2O2. The zero-order valence-electron chi connectivity index (χ0n) is 15.1. The van der Waals surface area contributed by atoms with Gasteiger partial charge in [-0.15, -0.1) is 0 Å². The molecule has 2 saturated heterocycles. The summed E-state index contributed by atoms with van der Waals surface area (Å²) in [5.41, 5.74) is 0. The number of piperidine rings is 2. The average Bonchev–Trinajstić information content (AvgIpc) is 3.46. The molecule has 0 spiro atoms. The molecule has 0 aromatic rings. The van der Waals surface area contributed by atoms with Gasteiger partial charge < -0.3 is 9.80 Å². The second-order valence-electron chi connectivity index (χ2n) is 8.71. The van der Waals surface area contributed by atoms with Crippen molar-refractivity contribution in [1.82, 2.24) is 9.80 Å². The van der Waals surface area contributed by atoms with Crippen LogP contribution in [0.1, 0.15) is 64.7 Å². The molecule has 4 fully saturated rings. The van der Waals surface area contributed by atoms with Crippen LogP contribution in [0.25, 0.3) is 0 Å². The minimum atomic E-state index is 0.0532. The highest BCUT2D eigenvalue weighted by Gasteiger charge is 2.43. The second kappa shape index (κ2) is 6.68. The van der Waals surface area contributed by atoms with E-state index in [-0.39, 0.29) is 11.8 Å². The van der Waals surface area contributed by atoms with Crippen LogP contribution < -0.4 is 0 Å². The molecule has 134 valence electrons. The topological polar surface area (TPSA) is 40.6 Å². The Morgan fingerprint density at radius 2 is 1.58 bits per heavy atom. The first-order chi connectivity index (χ1) is 11.6. The Hall–Kier alpha value is -1.06. The van der Waals surface area contributed by atoms with Crippen LogP contribution in [-0.2, 0) is 9.59 Å². The van der Waals surface area contributed by atoms with Crippen LogP contribution in [0.3, 0.4) is 0 Å². The van der Waals surface area contributed by atoms with Crippen molar-refractivity contribution in [2.24, 2.45) is 23.7 Å². The van der Waals surface area contributed by atoms with Crippen molar-refractivity contribution in [3.63, 3.8) is 0 Å². The normalized spacial score (nSPS) is 37.0. The van der Waals surface area contributed by atoms with Crippen molar-refractivity contribution in [2.45, 2.75) is 70.8 Å². The highest BCUT2D eigenvalue weighted by atomic mass is 16.2. The average molecular weight is 332 g/mol. The van der Waals surface area contributed by atoms with Crippen LogP contribution in [0.5, 0.6) is 0 Å². The molecule has 0 bridgehead atoms. The first kappa shape index (κ1) is 16.4. The lowest BCUT2D eigenvalue weighted by Crippen LogP contribution is -2.56. The molecule has 24 heavy (non-hydrogen) atoms. The number of carbonyl (C=O) groups excluding carboxylic acids is 2. The van der Waals surface area contributed by atoms with Gasteiger partial charge in [0.05, 0.1) is 5.92 Å². The van der Waals surface area contributed by atoms with Crippen LogP contribution in [-0.4, -0.2) is 47.3 Å². The standard InChI is InChI=1S/C20H32N2O2/c1-14-10-12-22(18-7-3-2-6-17(14)18)20(24)16-5-4-11-21(13-16)19(23)15-8-9-15/h14-18H,2-13H2,1H3/t14-,16-,17-,18+/m1/s1. The van der Waals surface area contributed by atoms with Gasteiger partial charge in [0.1, 0.15) is 0 Å². The van der Waals surface area contributed by atoms with E-state index in [9.17, 15) is 9.59 Å². The number of amides is 2. The Balaban J connectivity index is 1.43. The Kier molecular flexibility index (Phi) is 4.57. The van der Waals surface area contributed by atoms with E-state index in [0.717, 1.165) is 51.1 Å². The maximum Gasteiger partial charge on any atom is 0.227 e. The molecule has 4 heteroatoms. The summed E-state index contributed by atoms with van der Waals surface area (Å²) in [7, 11) is 0. The third-order valence-corrected chi connectivity index (χ3v) is 7.03. The Morgan fingerprint density at radius 1 is 0.792 bits per heavy atom. The fourth-order valence-corrected chi connectivity index (χ4v) is 5.39. The van der Waals surface area contributed by atoms with E-state index in [0.29, 0.717) is 30.3 Å². The van der Waals surface area contributed by atoms with Gasteiger partial charge >= 0.3 is 0 Å². The van der Waals surface area contributed by atoms with Crippen molar-refractivity contribution in [3.8, 4) is 0 Å². The van der Waals surface area contributed by atoms with E-state index in [2.05, 4.69) is 11.8 Å². The first-order valence-corrected chi connectivity index (χ1v) is 10.2. The molecular weight excluding hydrogens is 300 g/mol. The summed E-state index contributed by atoms with van der Waals surface area (Å²) in [5.74, 6) is 2.47. The van der Waals surface area contributed by atoms with E-state index in [1.165, 1.54) is 25.7 Å². The van der Waals surface area contributed by atoms with Gasteiger partial charge in [-0.3, -0.25) is 9.59 Å². The molecule has 0 N–H and O–H groups in total. The zero-order chi connectivity index (χ0) is 16.7. The van der Waals surface area contributed by atoms with Gasteiger partial charge in [-0.2, -0.15) is 0 Å². The monoisotopic (exact) mass is 332 g/mol. The van der Waals surface area contributed by atoms with Crippen molar-refractivity contribution < 1.29 is 9.59 Å². The highest BCUT2D eigenvalue weighted by molar-refractivity contribution is 5.83. The van der Waals surface area contributed by atoms with E-state index in [4.69, 9.17) is 0 Å². The number of carbonyl (C=O) groups is 2. The molecule has 0 aromatic heterocycles. The predicted octanol–water partition coefficient (Wildman–Crippen LogP) is 3.06. The van der Waals surface area contributed by atoms with Gasteiger partial charge in [0.2, 0.25) is 11.8 Å². The smallest absolute Gasteiger partial charge is 0.227 e. The number of hydrogen-bond donors (Lipinski definition) is 0. The van der Waals surface area contributed by atoms with Crippen molar-refractivity contribution in [1.29, 1.82) is 0 Å². The predicted molar refractivity (Wildman–Crippen MR) is 93.3 cm³/mol. The van der Waals surface area contributed by atoms with Crippen LogP contribution in [0.15, 0.2) is 0 Å². The maximum atomic E-state index is 13.3. The summed E-state index contributed by atoms with van der Waals surface area (Å²) in [4.78, 5) is 29.9. The van der Waals surface area contributed by atoms with Gasteiger partial charge in [-0.1, -0.05) is 19.8 Å². The molecule has 2 heterocycles. The molecule has 0 unspecified atom stereocenters. The van der Waals surface area contributed by atoms with Gasteiger partial charge in [0.25, 0.3) is 0 Å². The van der Waals surface area contributed by atoms with Gasteiger partial charge in [-0.05, 0) is 56.8 Å². The first-order valence-electron chi connectivity index (χ1n) is 10.2. The number of likely N-dealkylation sites (tertiary alicyclic amines) is 2. The van der Waals surface area contributed by atoms with Crippen molar-refractivity contribution >= 4 is 11.8 Å². The van der Waals surface area contributed by atoms with Crippen LogP contribution in [0.4, 0.5) is 0 Å². The Morgan fingerprint density at radius 3 is 2.38 bits per heavy atom.